The molecule has 1 saturated heterocycles. The van der Waals surface area contributed by atoms with E-state index in [9.17, 15) is 9.59 Å². The molecule has 2 amide bonds. The highest BCUT2D eigenvalue weighted by Gasteiger charge is 2.30. The number of nitrogens with one attached hydrogen (secondary N) is 2. The van der Waals surface area contributed by atoms with Crippen molar-refractivity contribution in [3.05, 3.63) is 66.5 Å². The van der Waals surface area contributed by atoms with E-state index in [1.165, 1.54) is 0 Å². The summed E-state index contributed by atoms with van der Waals surface area (Å²) in [5, 5.41) is 8.41. The van der Waals surface area contributed by atoms with Crippen LogP contribution < -0.4 is 15.4 Å². The first-order valence-corrected chi connectivity index (χ1v) is 16.6. The van der Waals surface area contributed by atoms with Gasteiger partial charge in [-0.15, -0.1) is 0 Å². The molecule has 1 saturated carbocycles. The first kappa shape index (κ1) is 32.2. The SMILES string of the molecule is Cc1ccc2c(NC(=O)C3CCCC3C)cccc2c1Oc1ncccc1-c1ccnc(NC2CCCN(C(=O)OC(C)(C)C)C2)n1. The quantitative estimate of drug-likeness (QED) is 0.210. The predicted octanol–water partition coefficient (Wildman–Crippen LogP) is 7.98. The van der Waals surface area contributed by atoms with Gasteiger partial charge in [-0.25, -0.2) is 19.7 Å². The van der Waals surface area contributed by atoms with Crippen molar-refractivity contribution >= 4 is 34.4 Å². The van der Waals surface area contributed by atoms with Gasteiger partial charge in [0.2, 0.25) is 17.7 Å². The maximum atomic E-state index is 13.2. The van der Waals surface area contributed by atoms with Crippen molar-refractivity contribution < 1.29 is 19.1 Å². The number of amides is 2. The number of rotatable bonds is 7. The van der Waals surface area contributed by atoms with Crippen LogP contribution in [0.4, 0.5) is 16.4 Å². The van der Waals surface area contributed by atoms with E-state index in [0.29, 0.717) is 47.8 Å². The minimum atomic E-state index is -0.547. The van der Waals surface area contributed by atoms with Gasteiger partial charge in [-0.1, -0.05) is 37.6 Å². The third kappa shape index (κ3) is 7.48. The van der Waals surface area contributed by atoms with Crippen molar-refractivity contribution in [2.75, 3.05) is 23.7 Å². The second-order valence-electron chi connectivity index (χ2n) is 13.7. The minimum Gasteiger partial charge on any atom is -0.444 e. The van der Waals surface area contributed by atoms with Gasteiger partial charge < -0.3 is 25.0 Å². The smallest absolute Gasteiger partial charge is 0.410 e. The number of hydrogen-bond acceptors (Lipinski definition) is 8. The molecule has 0 spiro atoms. The predicted molar refractivity (Wildman–Crippen MR) is 184 cm³/mol. The Labute approximate surface area is 276 Å². The zero-order chi connectivity index (χ0) is 33.1. The van der Waals surface area contributed by atoms with Crippen molar-refractivity contribution in [2.45, 2.75) is 78.4 Å². The van der Waals surface area contributed by atoms with Crippen molar-refractivity contribution in [3.63, 3.8) is 0 Å². The summed E-state index contributed by atoms with van der Waals surface area (Å²) in [6, 6.07) is 15.5. The van der Waals surface area contributed by atoms with Crippen LogP contribution in [0.25, 0.3) is 22.0 Å². The van der Waals surface area contributed by atoms with Gasteiger partial charge in [-0.2, -0.15) is 0 Å². The minimum absolute atomic E-state index is 0.0129. The Morgan fingerprint density at radius 1 is 0.936 bits per heavy atom. The number of hydrogen-bond donors (Lipinski definition) is 2. The lowest BCUT2D eigenvalue weighted by Crippen LogP contribution is -2.47. The number of pyridine rings is 1. The molecule has 3 atom stereocenters. The molecule has 3 unspecified atom stereocenters. The van der Waals surface area contributed by atoms with E-state index in [-0.39, 0.29) is 24.0 Å². The van der Waals surface area contributed by atoms with E-state index in [1.807, 2.05) is 76.2 Å². The van der Waals surface area contributed by atoms with E-state index in [0.717, 1.165) is 54.1 Å². The molecular weight excluding hydrogens is 592 g/mol. The number of aryl methyl sites for hydroxylation is 1. The summed E-state index contributed by atoms with van der Waals surface area (Å²) in [6.07, 6.45) is 7.95. The van der Waals surface area contributed by atoms with Crippen molar-refractivity contribution in [1.29, 1.82) is 0 Å². The summed E-state index contributed by atoms with van der Waals surface area (Å²) in [4.78, 5) is 41.5. The lowest BCUT2D eigenvalue weighted by Gasteiger charge is -2.34. The number of likely N-dealkylation sites (tertiary alicyclic amines) is 1. The topological polar surface area (TPSA) is 119 Å². The van der Waals surface area contributed by atoms with Gasteiger partial charge in [0.25, 0.3) is 0 Å². The fraction of sp³-hybridized carbons (Fsp3) is 0.432. The molecule has 1 aliphatic carbocycles. The van der Waals surface area contributed by atoms with Gasteiger partial charge in [0.15, 0.2) is 0 Å². The molecule has 6 rings (SSSR count). The first-order valence-electron chi connectivity index (χ1n) is 16.6. The molecule has 10 nitrogen and oxygen atoms in total. The molecule has 0 bridgehead atoms. The highest BCUT2D eigenvalue weighted by Crippen LogP contribution is 2.39. The Balaban J connectivity index is 1.23. The first-order chi connectivity index (χ1) is 22.6. The van der Waals surface area contributed by atoms with Crippen molar-refractivity contribution in [3.8, 4) is 22.9 Å². The largest absolute Gasteiger partial charge is 0.444 e. The normalized spacial score (nSPS) is 19.8. The van der Waals surface area contributed by atoms with Crippen LogP contribution in [0, 0.1) is 18.8 Å². The molecule has 47 heavy (non-hydrogen) atoms. The second-order valence-corrected chi connectivity index (χ2v) is 13.7. The number of anilines is 2. The number of fused-ring (bicyclic) bond motifs is 1. The molecular formula is C37H44N6O4. The summed E-state index contributed by atoms with van der Waals surface area (Å²) in [5.41, 5.74) is 2.54. The molecule has 2 N–H and O–H groups in total. The van der Waals surface area contributed by atoms with Crippen LogP contribution in [-0.2, 0) is 9.53 Å². The number of piperidine rings is 1. The zero-order valence-corrected chi connectivity index (χ0v) is 27.9. The maximum Gasteiger partial charge on any atom is 0.410 e. The number of benzene rings is 2. The Bertz CT molecular complexity index is 1770. The zero-order valence-electron chi connectivity index (χ0n) is 27.9. The number of aromatic nitrogens is 3. The monoisotopic (exact) mass is 636 g/mol. The molecule has 246 valence electrons. The van der Waals surface area contributed by atoms with E-state index in [1.54, 1.807) is 17.3 Å². The molecule has 2 fully saturated rings. The van der Waals surface area contributed by atoms with E-state index in [2.05, 4.69) is 27.5 Å². The van der Waals surface area contributed by atoms with Gasteiger partial charge in [0.05, 0.1) is 11.3 Å². The summed E-state index contributed by atoms with van der Waals surface area (Å²) in [5.74, 6) is 2.06. The van der Waals surface area contributed by atoms with Gasteiger partial charge >= 0.3 is 6.09 Å². The maximum absolute atomic E-state index is 13.2. The van der Waals surface area contributed by atoms with Crippen LogP contribution in [0.1, 0.15) is 65.4 Å². The number of carbonyl (C=O) groups is 2. The van der Waals surface area contributed by atoms with Crippen LogP contribution in [-0.4, -0.2) is 56.6 Å². The summed E-state index contributed by atoms with van der Waals surface area (Å²) in [7, 11) is 0. The van der Waals surface area contributed by atoms with Crippen molar-refractivity contribution in [2.24, 2.45) is 11.8 Å². The van der Waals surface area contributed by atoms with Gasteiger partial charge in [0, 0.05) is 53.9 Å². The lowest BCUT2D eigenvalue weighted by atomic mass is 9.97. The Hall–Kier alpha value is -4.73. The van der Waals surface area contributed by atoms with Gasteiger partial charge in [0.1, 0.15) is 11.4 Å². The Morgan fingerprint density at radius 3 is 2.57 bits per heavy atom. The van der Waals surface area contributed by atoms with Crippen LogP contribution in [0.2, 0.25) is 0 Å². The van der Waals surface area contributed by atoms with E-state index < -0.39 is 5.60 Å². The highest BCUT2D eigenvalue weighted by atomic mass is 16.6. The molecule has 0 radical (unpaired) electrons. The van der Waals surface area contributed by atoms with E-state index in [4.69, 9.17) is 14.5 Å². The third-order valence-corrected chi connectivity index (χ3v) is 8.97. The van der Waals surface area contributed by atoms with Crippen LogP contribution >= 0.6 is 0 Å². The van der Waals surface area contributed by atoms with Crippen LogP contribution in [0.3, 0.4) is 0 Å². The summed E-state index contributed by atoms with van der Waals surface area (Å²) < 4.78 is 12.2. The highest BCUT2D eigenvalue weighted by molar-refractivity contribution is 6.05. The average Bonchev–Trinajstić information content (AvgIpc) is 3.48. The van der Waals surface area contributed by atoms with Crippen LogP contribution in [0.15, 0.2) is 60.9 Å². The van der Waals surface area contributed by atoms with Gasteiger partial charge in [-0.3, -0.25) is 4.79 Å². The summed E-state index contributed by atoms with van der Waals surface area (Å²) in [6.45, 7) is 10.9. The Morgan fingerprint density at radius 2 is 1.79 bits per heavy atom. The van der Waals surface area contributed by atoms with E-state index >= 15 is 0 Å². The fourth-order valence-electron chi connectivity index (χ4n) is 6.56. The number of ether oxygens (including phenoxy) is 2. The lowest BCUT2D eigenvalue weighted by molar-refractivity contribution is -0.120. The number of nitrogens with zero attached hydrogens (tertiary/aromatic N) is 4. The number of carbonyl (C=O) groups excluding carboxylic acids is 2. The van der Waals surface area contributed by atoms with Crippen LogP contribution in [0.5, 0.6) is 11.6 Å². The third-order valence-electron chi connectivity index (χ3n) is 8.97. The average molecular weight is 637 g/mol. The van der Waals surface area contributed by atoms with Gasteiger partial charge in [-0.05, 0) is 89.1 Å². The summed E-state index contributed by atoms with van der Waals surface area (Å²) >= 11 is 0. The standard InChI is InChI=1S/C37H44N6O4/c1-23-10-6-12-26(23)33(44)41-30-15-7-13-28-27(30)17-16-24(2)32(28)46-34-29(14-8-19-38-34)31-18-20-39-35(42-31)40-25-11-9-21-43(22-25)36(45)47-37(3,4)5/h7-8,13-20,23,25-26H,6,9-12,21-22H2,1-5H3,(H,41,44)(H,39,40,42). The molecule has 4 aromatic rings. The molecule has 3 heterocycles. The molecule has 2 aromatic carbocycles. The van der Waals surface area contributed by atoms with Crippen molar-refractivity contribution in [1.82, 2.24) is 19.9 Å². The molecule has 2 aromatic heterocycles. The fourth-order valence-corrected chi connectivity index (χ4v) is 6.56. The molecule has 1 aliphatic heterocycles. The molecule has 10 heteroatoms. The molecule has 2 aliphatic rings. The second kappa shape index (κ2) is 13.6. The Kier molecular flexibility index (Phi) is 9.29.